The molecule has 0 aliphatic carbocycles. The summed E-state index contributed by atoms with van der Waals surface area (Å²) in [6.45, 7) is 5.06. The standard InChI is InChI=1S/C15H24N2O2S/c1-3-4-13-5-7-15(8-6-13)20(18,19)17-14-9-10-16-12(2)11-14/h5-8,12,14,16-17H,3-4,9-11H2,1-2H3. The van der Waals surface area contributed by atoms with Crippen LogP contribution in [0.4, 0.5) is 0 Å². The Morgan fingerprint density at radius 3 is 2.60 bits per heavy atom. The maximum absolute atomic E-state index is 12.3. The van der Waals surface area contributed by atoms with Crippen LogP contribution in [0.15, 0.2) is 29.2 Å². The second kappa shape index (κ2) is 6.70. The van der Waals surface area contributed by atoms with Gasteiger partial charge in [0.2, 0.25) is 10.0 Å². The molecular weight excluding hydrogens is 272 g/mol. The van der Waals surface area contributed by atoms with Gasteiger partial charge in [-0.05, 0) is 50.4 Å². The monoisotopic (exact) mass is 296 g/mol. The second-order valence-corrected chi connectivity index (χ2v) is 7.31. The van der Waals surface area contributed by atoms with Crippen molar-refractivity contribution in [1.82, 2.24) is 10.0 Å². The minimum atomic E-state index is -3.39. The van der Waals surface area contributed by atoms with Crippen LogP contribution in [0.25, 0.3) is 0 Å². The summed E-state index contributed by atoms with van der Waals surface area (Å²) in [6.07, 6.45) is 3.74. The first-order valence-electron chi connectivity index (χ1n) is 7.36. The zero-order chi connectivity index (χ0) is 14.6. The highest BCUT2D eigenvalue weighted by atomic mass is 32.2. The smallest absolute Gasteiger partial charge is 0.240 e. The zero-order valence-corrected chi connectivity index (χ0v) is 13.0. The van der Waals surface area contributed by atoms with Gasteiger partial charge in [-0.15, -0.1) is 0 Å². The van der Waals surface area contributed by atoms with Gasteiger partial charge in [-0.25, -0.2) is 13.1 Å². The molecule has 1 aliphatic heterocycles. The van der Waals surface area contributed by atoms with Gasteiger partial charge in [0.1, 0.15) is 0 Å². The van der Waals surface area contributed by atoms with Gasteiger partial charge in [0, 0.05) is 12.1 Å². The average molecular weight is 296 g/mol. The Morgan fingerprint density at radius 1 is 1.30 bits per heavy atom. The van der Waals surface area contributed by atoms with E-state index in [-0.39, 0.29) is 6.04 Å². The lowest BCUT2D eigenvalue weighted by Crippen LogP contribution is -2.46. The quantitative estimate of drug-likeness (QED) is 0.874. The van der Waals surface area contributed by atoms with Crippen LogP contribution in [-0.2, 0) is 16.4 Å². The highest BCUT2D eigenvalue weighted by molar-refractivity contribution is 7.89. The fourth-order valence-electron chi connectivity index (χ4n) is 2.65. The summed E-state index contributed by atoms with van der Waals surface area (Å²) < 4.78 is 27.5. The molecule has 0 radical (unpaired) electrons. The molecule has 0 aromatic heterocycles. The first kappa shape index (κ1) is 15.5. The molecule has 4 nitrogen and oxygen atoms in total. The van der Waals surface area contributed by atoms with E-state index in [1.54, 1.807) is 12.1 Å². The summed E-state index contributed by atoms with van der Waals surface area (Å²) in [5, 5.41) is 3.32. The van der Waals surface area contributed by atoms with Crippen LogP contribution < -0.4 is 10.0 Å². The number of aryl methyl sites for hydroxylation is 1. The fourth-order valence-corrected chi connectivity index (χ4v) is 3.93. The summed E-state index contributed by atoms with van der Waals surface area (Å²) in [4.78, 5) is 0.364. The van der Waals surface area contributed by atoms with Crippen molar-refractivity contribution < 1.29 is 8.42 Å². The number of hydrogen-bond donors (Lipinski definition) is 2. The van der Waals surface area contributed by atoms with E-state index in [0.717, 1.165) is 32.2 Å². The maximum atomic E-state index is 12.3. The predicted octanol–water partition coefficient (Wildman–Crippen LogP) is 2.06. The third-order valence-corrected chi connectivity index (χ3v) is 5.25. The number of piperidine rings is 1. The summed E-state index contributed by atoms with van der Waals surface area (Å²) >= 11 is 0. The summed E-state index contributed by atoms with van der Waals surface area (Å²) in [6, 6.07) is 7.62. The molecule has 20 heavy (non-hydrogen) atoms. The van der Waals surface area contributed by atoms with Gasteiger partial charge < -0.3 is 5.32 Å². The number of benzene rings is 1. The fraction of sp³-hybridized carbons (Fsp3) is 0.600. The van der Waals surface area contributed by atoms with Crippen LogP contribution in [0.3, 0.4) is 0 Å². The van der Waals surface area contributed by atoms with Crippen LogP contribution in [0.5, 0.6) is 0 Å². The van der Waals surface area contributed by atoms with Crippen molar-refractivity contribution in [3.05, 3.63) is 29.8 Å². The minimum absolute atomic E-state index is 0.0339. The van der Waals surface area contributed by atoms with Crippen LogP contribution in [0.1, 0.15) is 38.7 Å². The van der Waals surface area contributed by atoms with Gasteiger partial charge >= 0.3 is 0 Å². The van der Waals surface area contributed by atoms with E-state index in [1.807, 2.05) is 12.1 Å². The van der Waals surface area contributed by atoms with E-state index >= 15 is 0 Å². The molecule has 0 saturated carbocycles. The topological polar surface area (TPSA) is 58.2 Å². The molecule has 1 fully saturated rings. The molecule has 2 rings (SSSR count). The highest BCUT2D eigenvalue weighted by Crippen LogP contribution is 2.15. The normalized spacial score (nSPS) is 23.7. The Bertz CT molecular complexity index is 525. The highest BCUT2D eigenvalue weighted by Gasteiger charge is 2.24. The van der Waals surface area contributed by atoms with Crippen LogP contribution in [-0.4, -0.2) is 27.0 Å². The van der Waals surface area contributed by atoms with Crippen LogP contribution in [0, 0.1) is 0 Å². The number of hydrogen-bond acceptors (Lipinski definition) is 3. The van der Waals surface area contributed by atoms with E-state index in [0.29, 0.717) is 10.9 Å². The van der Waals surface area contributed by atoms with Crippen molar-refractivity contribution in [3.8, 4) is 0 Å². The van der Waals surface area contributed by atoms with Gasteiger partial charge in [-0.3, -0.25) is 0 Å². The summed E-state index contributed by atoms with van der Waals surface area (Å²) in [7, 11) is -3.39. The molecule has 1 aromatic rings. The van der Waals surface area contributed by atoms with Gasteiger partial charge in [0.15, 0.2) is 0 Å². The SMILES string of the molecule is CCCc1ccc(S(=O)(=O)NC2CCNC(C)C2)cc1. The Morgan fingerprint density at radius 2 is 2.00 bits per heavy atom. The Balaban J connectivity index is 2.05. The zero-order valence-electron chi connectivity index (χ0n) is 12.2. The van der Waals surface area contributed by atoms with Gasteiger partial charge in [-0.2, -0.15) is 0 Å². The summed E-state index contributed by atoms with van der Waals surface area (Å²) in [5.74, 6) is 0. The van der Waals surface area contributed by atoms with E-state index in [2.05, 4.69) is 23.9 Å². The molecule has 2 unspecified atom stereocenters. The van der Waals surface area contributed by atoms with Gasteiger partial charge in [0.25, 0.3) is 0 Å². The van der Waals surface area contributed by atoms with E-state index in [1.165, 1.54) is 5.56 Å². The third-order valence-electron chi connectivity index (χ3n) is 3.72. The molecule has 2 N–H and O–H groups in total. The largest absolute Gasteiger partial charge is 0.314 e. The Hall–Kier alpha value is -0.910. The molecule has 2 atom stereocenters. The maximum Gasteiger partial charge on any atom is 0.240 e. The first-order valence-corrected chi connectivity index (χ1v) is 8.84. The molecule has 0 spiro atoms. The molecular formula is C15H24N2O2S. The van der Waals surface area contributed by atoms with Crippen molar-refractivity contribution in [2.45, 2.75) is 56.5 Å². The molecule has 112 valence electrons. The van der Waals surface area contributed by atoms with Gasteiger partial charge in [-0.1, -0.05) is 25.5 Å². The molecule has 5 heteroatoms. The Labute approximate surface area is 122 Å². The number of nitrogens with one attached hydrogen (secondary N) is 2. The predicted molar refractivity (Wildman–Crippen MR) is 81.2 cm³/mol. The molecule has 0 amide bonds. The lowest BCUT2D eigenvalue weighted by atomic mass is 10.0. The Kier molecular flexibility index (Phi) is 5.18. The average Bonchev–Trinajstić information content (AvgIpc) is 2.39. The summed E-state index contributed by atoms with van der Waals surface area (Å²) in [5.41, 5.74) is 1.18. The van der Waals surface area contributed by atoms with Crippen molar-refractivity contribution >= 4 is 10.0 Å². The molecule has 1 heterocycles. The third kappa shape index (κ3) is 4.04. The minimum Gasteiger partial charge on any atom is -0.314 e. The number of rotatable bonds is 5. The van der Waals surface area contributed by atoms with Gasteiger partial charge in [0.05, 0.1) is 4.90 Å². The van der Waals surface area contributed by atoms with Crippen molar-refractivity contribution in [1.29, 1.82) is 0 Å². The number of sulfonamides is 1. The van der Waals surface area contributed by atoms with Crippen molar-refractivity contribution in [2.24, 2.45) is 0 Å². The van der Waals surface area contributed by atoms with E-state index < -0.39 is 10.0 Å². The van der Waals surface area contributed by atoms with Crippen LogP contribution in [0.2, 0.25) is 0 Å². The molecule has 1 saturated heterocycles. The lowest BCUT2D eigenvalue weighted by Gasteiger charge is -2.28. The van der Waals surface area contributed by atoms with E-state index in [4.69, 9.17) is 0 Å². The molecule has 0 bridgehead atoms. The van der Waals surface area contributed by atoms with Crippen molar-refractivity contribution in [3.63, 3.8) is 0 Å². The lowest BCUT2D eigenvalue weighted by molar-refractivity contribution is 0.361. The van der Waals surface area contributed by atoms with Crippen LogP contribution >= 0.6 is 0 Å². The van der Waals surface area contributed by atoms with Crippen molar-refractivity contribution in [2.75, 3.05) is 6.54 Å². The first-order chi connectivity index (χ1) is 9.51. The molecule has 1 aliphatic rings. The molecule has 1 aromatic carbocycles. The van der Waals surface area contributed by atoms with E-state index in [9.17, 15) is 8.42 Å². The second-order valence-electron chi connectivity index (χ2n) is 5.59.